The molecule has 2 aromatic heterocycles. The predicted molar refractivity (Wildman–Crippen MR) is 268 cm³/mol. The maximum atomic E-state index is 5.71. The number of nitrogens with zero attached hydrogens (tertiary/aromatic N) is 5. The van der Waals surface area contributed by atoms with Crippen molar-refractivity contribution in [3.8, 4) is 50.7 Å². The smallest absolute Gasteiger partial charge is 0.238 e. The zero-order chi connectivity index (χ0) is 43.7. The summed E-state index contributed by atoms with van der Waals surface area (Å²) < 4.78 is 2.43. The molecular formula is C61H41N5. The van der Waals surface area contributed by atoms with E-state index in [0.717, 1.165) is 44.8 Å². The third-order valence-electron chi connectivity index (χ3n) is 14.7. The van der Waals surface area contributed by atoms with E-state index in [-0.39, 0.29) is 5.41 Å². The Hall–Kier alpha value is -8.41. The lowest BCUT2D eigenvalue weighted by molar-refractivity contribution is 0.631. The lowest BCUT2D eigenvalue weighted by Crippen LogP contribution is -2.32. The Labute approximate surface area is 383 Å². The first-order valence-electron chi connectivity index (χ1n) is 22.8. The molecule has 14 rings (SSSR count). The minimum atomic E-state index is -0.500. The van der Waals surface area contributed by atoms with E-state index in [2.05, 4.69) is 230 Å². The number of benzene rings is 9. The molecule has 0 radical (unpaired) electrons. The average molecular weight is 844 g/mol. The van der Waals surface area contributed by atoms with Gasteiger partial charge in [0.05, 0.1) is 27.8 Å². The molecule has 9 aromatic carbocycles. The van der Waals surface area contributed by atoms with Gasteiger partial charge in [-0.1, -0.05) is 202 Å². The van der Waals surface area contributed by atoms with Crippen molar-refractivity contribution in [1.29, 1.82) is 0 Å². The normalized spacial score (nSPS) is 14.4. The Balaban J connectivity index is 1.09. The molecule has 5 nitrogen and oxygen atoms in total. The first-order chi connectivity index (χ1) is 32.5. The highest BCUT2D eigenvalue weighted by molar-refractivity contribution is 6.16. The summed E-state index contributed by atoms with van der Waals surface area (Å²) >= 11 is 0. The summed E-state index contributed by atoms with van der Waals surface area (Å²) in [5.74, 6) is 1.81. The maximum Gasteiger partial charge on any atom is 0.238 e. The first-order valence-corrected chi connectivity index (χ1v) is 22.8. The van der Waals surface area contributed by atoms with Crippen LogP contribution in [0.2, 0.25) is 0 Å². The van der Waals surface area contributed by atoms with Gasteiger partial charge in [-0.15, -0.1) is 0 Å². The van der Waals surface area contributed by atoms with E-state index in [9.17, 15) is 0 Å². The number of hydrogen-bond acceptors (Lipinski definition) is 4. The molecule has 2 aliphatic carbocycles. The summed E-state index contributed by atoms with van der Waals surface area (Å²) in [6, 6.07) is 76.9. The van der Waals surface area contributed by atoms with Gasteiger partial charge in [-0.05, 0) is 79.9 Å². The number of rotatable bonds is 4. The second-order valence-corrected chi connectivity index (χ2v) is 18.3. The van der Waals surface area contributed by atoms with Crippen LogP contribution in [0.3, 0.4) is 0 Å². The van der Waals surface area contributed by atoms with Crippen LogP contribution in [0, 0.1) is 0 Å². The molecular weight excluding hydrogens is 803 g/mol. The minimum absolute atomic E-state index is 0.348. The van der Waals surface area contributed by atoms with Crippen molar-refractivity contribution in [1.82, 2.24) is 19.5 Å². The number of aromatic nitrogens is 4. The Morgan fingerprint density at radius 3 is 1.70 bits per heavy atom. The fourth-order valence-corrected chi connectivity index (χ4v) is 11.9. The third kappa shape index (κ3) is 4.81. The number of para-hydroxylation sites is 3. The van der Waals surface area contributed by atoms with Gasteiger partial charge in [-0.25, -0.2) is 4.98 Å². The standard InChI is InChI=1S/C61H41N5/c1-60(2)49-32-16-18-35-53(49)66(56-51(60)37-36-43-42-26-12-17-34-52(42)65(55(43)56)39-22-7-4-8-23-39)59-63-57(38-20-5-3-6-21-38)62-58(64-59)45-28-19-33-50-54(45)44-27-11-15-31-48(44)61(50)46-29-13-9-24-40(46)41-25-10-14-30-47(41)61/h3-37H,1-2H3. The molecule has 0 amide bonds. The molecule has 0 atom stereocenters. The topological polar surface area (TPSA) is 46.8 Å². The van der Waals surface area contributed by atoms with Crippen LogP contribution in [0.1, 0.15) is 47.2 Å². The molecule has 3 aliphatic rings. The van der Waals surface area contributed by atoms with Gasteiger partial charge < -0.3 is 4.57 Å². The molecule has 0 fully saturated rings. The minimum Gasteiger partial charge on any atom is -0.307 e. The average Bonchev–Trinajstić information content (AvgIpc) is 3.99. The summed E-state index contributed by atoms with van der Waals surface area (Å²) in [5.41, 5.74) is 19.0. The second kappa shape index (κ2) is 13.6. The van der Waals surface area contributed by atoms with Crippen LogP contribution >= 0.6 is 0 Å². The van der Waals surface area contributed by atoms with E-state index in [0.29, 0.717) is 17.6 Å². The Morgan fingerprint density at radius 2 is 0.955 bits per heavy atom. The lowest BCUT2D eigenvalue weighted by atomic mass is 9.70. The summed E-state index contributed by atoms with van der Waals surface area (Å²) in [5, 5.41) is 2.37. The van der Waals surface area contributed by atoms with E-state index in [1.807, 2.05) is 6.07 Å². The zero-order valence-corrected chi connectivity index (χ0v) is 36.4. The van der Waals surface area contributed by atoms with Crippen molar-refractivity contribution in [3.63, 3.8) is 0 Å². The van der Waals surface area contributed by atoms with Crippen LogP contribution in [-0.4, -0.2) is 19.5 Å². The van der Waals surface area contributed by atoms with Crippen molar-refractivity contribution in [3.05, 3.63) is 246 Å². The van der Waals surface area contributed by atoms with Crippen molar-refractivity contribution < 1.29 is 0 Å². The molecule has 0 saturated carbocycles. The van der Waals surface area contributed by atoms with Crippen molar-refractivity contribution in [2.24, 2.45) is 0 Å². The van der Waals surface area contributed by atoms with Gasteiger partial charge >= 0.3 is 0 Å². The van der Waals surface area contributed by atoms with Crippen molar-refractivity contribution >= 4 is 39.1 Å². The van der Waals surface area contributed by atoms with E-state index in [1.165, 1.54) is 60.8 Å². The van der Waals surface area contributed by atoms with E-state index in [4.69, 9.17) is 15.0 Å². The molecule has 66 heavy (non-hydrogen) atoms. The molecule has 3 heterocycles. The van der Waals surface area contributed by atoms with Gasteiger partial charge in [0.25, 0.3) is 0 Å². The summed E-state index contributed by atoms with van der Waals surface area (Å²) in [6.07, 6.45) is 0. The zero-order valence-electron chi connectivity index (χ0n) is 36.4. The number of anilines is 3. The Bertz CT molecular complexity index is 3760. The molecule has 1 spiro atoms. The lowest BCUT2D eigenvalue weighted by Gasteiger charge is -2.41. The van der Waals surface area contributed by atoms with Crippen LogP contribution in [0.5, 0.6) is 0 Å². The van der Waals surface area contributed by atoms with E-state index < -0.39 is 5.41 Å². The van der Waals surface area contributed by atoms with Gasteiger partial charge in [0.1, 0.15) is 0 Å². The largest absolute Gasteiger partial charge is 0.307 e. The van der Waals surface area contributed by atoms with Gasteiger partial charge in [0, 0.05) is 33.0 Å². The molecule has 0 saturated heterocycles. The second-order valence-electron chi connectivity index (χ2n) is 18.3. The number of hydrogen-bond donors (Lipinski definition) is 0. The summed E-state index contributed by atoms with van der Waals surface area (Å²) in [7, 11) is 0. The van der Waals surface area contributed by atoms with Crippen molar-refractivity contribution in [2.75, 3.05) is 4.90 Å². The molecule has 310 valence electrons. The Morgan fingerprint density at radius 1 is 0.394 bits per heavy atom. The van der Waals surface area contributed by atoms with Crippen LogP contribution < -0.4 is 4.90 Å². The van der Waals surface area contributed by atoms with Gasteiger partial charge in [-0.3, -0.25) is 4.90 Å². The first kappa shape index (κ1) is 37.0. The highest BCUT2D eigenvalue weighted by atomic mass is 15.3. The maximum absolute atomic E-state index is 5.71. The number of fused-ring (bicyclic) bond motifs is 16. The molecule has 1 aliphatic heterocycles. The van der Waals surface area contributed by atoms with Crippen molar-refractivity contribution in [2.45, 2.75) is 24.7 Å². The molecule has 0 bridgehead atoms. The monoisotopic (exact) mass is 843 g/mol. The highest BCUT2D eigenvalue weighted by Gasteiger charge is 2.52. The third-order valence-corrected chi connectivity index (χ3v) is 14.7. The fraction of sp³-hybridized carbons (Fsp3) is 0.0656. The molecule has 11 aromatic rings. The SMILES string of the molecule is CC1(C)c2ccccc2N(c2nc(-c3ccccc3)nc(-c3cccc4c3-c3ccccc3C43c4ccccc4-c4ccccc43)n2)c2c1ccc1c3ccccc3n(-c3ccccc3)c21. The quantitative estimate of drug-likeness (QED) is 0.177. The van der Waals surface area contributed by atoms with Crippen LogP contribution in [0.15, 0.2) is 212 Å². The van der Waals surface area contributed by atoms with E-state index in [1.54, 1.807) is 0 Å². The summed E-state index contributed by atoms with van der Waals surface area (Å²) in [6.45, 7) is 4.69. The molecule has 5 heteroatoms. The highest BCUT2D eigenvalue weighted by Crippen LogP contribution is 2.64. The van der Waals surface area contributed by atoms with E-state index >= 15 is 0 Å². The predicted octanol–water partition coefficient (Wildman–Crippen LogP) is 14.8. The Kier molecular flexibility index (Phi) is 7.60. The molecule has 0 N–H and O–H groups in total. The van der Waals surface area contributed by atoms with Crippen LogP contribution in [0.25, 0.3) is 72.5 Å². The van der Waals surface area contributed by atoms with Crippen LogP contribution in [-0.2, 0) is 10.8 Å². The van der Waals surface area contributed by atoms with Crippen LogP contribution in [0.4, 0.5) is 17.3 Å². The van der Waals surface area contributed by atoms with Gasteiger partial charge in [0.15, 0.2) is 11.6 Å². The summed E-state index contributed by atoms with van der Waals surface area (Å²) in [4.78, 5) is 19.0. The van der Waals surface area contributed by atoms with Gasteiger partial charge in [0.2, 0.25) is 5.95 Å². The molecule has 0 unspecified atom stereocenters. The van der Waals surface area contributed by atoms with Gasteiger partial charge in [-0.2, -0.15) is 9.97 Å². The fourth-order valence-electron chi connectivity index (χ4n) is 11.9.